The van der Waals surface area contributed by atoms with Gasteiger partial charge in [0.2, 0.25) is 0 Å². The number of hydrogen-bond donors (Lipinski definition) is 2. The predicted octanol–water partition coefficient (Wildman–Crippen LogP) is 1.68. The molecule has 1 rings (SSSR count). The third-order valence-electron chi connectivity index (χ3n) is 2.34. The Hall–Kier alpha value is -2.44. The zero-order chi connectivity index (χ0) is 13.9. The van der Waals surface area contributed by atoms with Crippen molar-refractivity contribution in [2.75, 3.05) is 5.32 Å². The molecular formula is C11H12N2O5. The number of nitrogens with one attached hydrogen (secondary N) is 1. The molecule has 0 bridgehead atoms. The van der Waals surface area contributed by atoms with Crippen molar-refractivity contribution in [3.63, 3.8) is 0 Å². The summed E-state index contributed by atoms with van der Waals surface area (Å²) in [6.45, 7) is 2.66. The van der Waals surface area contributed by atoms with Gasteiger partial charge in [0, 0.05) is 11.6 Å². The van der Waals surface area contributed by atoms with Gasteiger partial charge in [-0.1, -0.05) is 0 Å². The first-order valence-corrected chi connectivity index (χ1v) is 5.11. The van der Waals surface area contributed by atoms with E-state index in [1.807, 2.05) is 0 Å². The molecule has 0 amide bonds. The van der Waals surface area contributed by atoms with Gasteiger partial charge in [-0.05, 0) is 26.0 Å². The lowest BCUT2D eigenvalue weighted by Gasteiger charge is -2.11. The van der Waals surface area contributed by atoms with Crippen LogP contribution in [0.2, 0.25) is 0 Å². The van der Waals surface area contributed by atoms with Crippen LogP contribution in [0.1, 0.15) is 24.2 Å². The molecule has 0 spiro atoms. The summed E-state index contributed by atoms with van der Waals surface area (Å²) in [4.78, 5) is 32.0. The largest absolute Gasteiger partial charge is 0.480 e. The first-order valence-electron chi connectivity index (χ1n) is 5.11. The van der Waals surface area contributed by atoms with E-state index in [1.165, 1.54) is 26.0 Å². The van der Waals surface area contributed by atoms with Crippen LogP contribution in [0.3, 0.4) is 0 Å². The second-order valence-electron chi connectivity index (χ2n) is 3.75. The fraction of sp³-hybridized carbons (Fsp3) is 0.273. The summed E-state index contributed by atoms with van der Waals surface area (Å²) in [5, 5.41) is 22.1. The molecule has 7 heteroatoms. The number of ketones is 1. The first-order chi connectivity index (χ1) is 8.32. The minimum Gasteiger partial charge on any atom is -0.480 e. The minimum absolute atomic E-state index is 0.0694. The molecule has 0 aliphatic carbocycles. The number of rotatable bonds is 5. The summed E-state index contributed by atoms with van der Waals surface area (Å²) in [5.41, 5.74) is -0.0501. The molecule has 1 atom stereocenters. The van der Waals surface area contributed by atoms with Crippen molar-refractivity contribution in [1.29, 1.82) is 0 Å². The van der Waals surface area contributed by atoms with E-state index in [9.17, 15) is 19.7 Å². The third-order valence-corrected chi connectivity index (χ3v) is 2.34. The molecule has 1 unspecified atom stereocenters. The molecule has 0 aliphatic heterocycles. The number of anilines is 1. The molecule has 0 aromatic heterocycles. The van der Waals surface area contributed by atoms with Crippen LogP contribution in [0.4, 0.5) is 11.4 Å². The summed E-state index contributed by atoms with van der Waals surface area (Å²) < 4.78 is 0. The number of carboxylic acid groups (broad SMARTS) is 1. The van der Waals surface area contributed by atoms with Gasteiger partial charge in [-0.2, -0.15) is 0 Å². The van der Waals surface area contributed by atoms with Gasteiger partial charge in [0.15, 0.2) is 5.78 Å². The number of hydrogen-bond acceptors (Lipinski definition) is 5. The molecule has 1 aromatic carbocycles. The third kappa shape index (κ3) is 3.03. The average Bonchev–Trinajstić information content (AvgIpc) is 2.28. The Kier molecular flexibility index (Phi) is 3.98. The highest BCUT2D eigenvalue weighted by Crippen LogP contribution is 2.26. The van der Waals surface area contributed by atoms with Gasteiger partial charge in [0.25, 0.3) is 5.69 Å². The fourth-order valence-corrected chi connectivity index (χ4v) is 1.32. The summed E-state index contributed by atoms with van der Waals surface area (Å²) in [6.07, 6.45) is 0. The van der Waals surface area contributed by atoms with Crippen LogP contribution in [-0.4, -0.2) is 27.8 Å². The van der Waals surface area contributed by atoms with E-state index in [0.717, 1.165) is 6.07 Å². The number of carboxylic acids is 1. The maximum Gasteiger partial charge on any atom is 0.325 e. The van der Waals surface area contributed by atoms with Gasteiger partial charge in [-0.15, -0.1) is 0 Å². The van der Waals surface area contributed by atoms with Crippen molar-refractivity contribution in [3.8, 4) is 0 Å². The molecular weight excluding hydrogens is 240 g/mol. The smallest absolute Gasteiger partial charge is 0.325 e. The molecule has 96 valence electrons. The quantitative estimate of drug-likeness (QED) is 0.468. The molecule has 1 aromatic rings. The highest BCUT2D eigenvalue weighted by atomic mass is 16.6. The van der Waals surface area contributed by atoms with Crippen molar-refractivity contribution < 1.29 is 19.6 Å². The normalized spacial score (nSPS) is 11.7. The highest BCUT2D eigenvalue weighted by Gasteiger charge is 2.19. The Bertz CT molecular complexity index is 512. The van der Waals surface area contributed by atoms with Gasteiger partial charge in [0.05, 0.1) is 4.92 Å². The molecule has 18 heavy (non-hydrogen) atoms. The number of nitro benzene ring substituents is 1. The van der Waals surface area contributed by atoms with E-state index in [0.29, 0.717) is 0 Å². The van der Waals surface area contributed by atoms with Crippen LogP contribution in [-0.2, 0) is 4.79 Å². The fourth-order valence-electron chi connectivity index (χ4n) is 1.32. The predicted molar refractivity (Wildman–Crippen MR) is 63.8 cm³/mol. The van der Waals surface area contributed by atoms with Crippen LogP contribution < -0.4 is 5.32 Å². The Morgan fingerprint density at radius 2 is 2.06 bits per heavy atom. The Balaban J connectivity index is 3.16. The van der Waals surface area contributed by atoms with Gasteiger partial charge in [0.1, 0.15) is 11.7 Å². The lowest BCUT2D eigenvalue weighted by Crippen LogP contribution is -2.25. The minimum atomic E-state index is -1.13. The van der Waals surface area contributed by atoms with Crippen molar-refractivity contribution in [1.82, 2.24) is 0 Å². The molecule has 7 nitrogen and oxygen atoms in total. The highest BCUT2D eigenvalue weighted by molar-refractivity contribution is 5.95. The molecule has 0 heterocycles. The van der Waals surface area contributed by atoms with Gasteiger partial charge in [-0.3, -0.25) is 19.7 Å². The molecule has 2 N–H and O–H groups in total. The molecule has 0 saturated carbocycles. The number of carbonyl (C=O) groups excluding carboxylic acids is 1. The van der Waals surface area contributed by atoms with Crippen LogP contribution in [0.25, 0.3) is 0 Å². The summed E-state index contributed by atoms with van der Waals surface area (Å²) in [7, 11) is 0. The maximum absolute atomic E-state index is 11.1. The summed E-state index contributed by atoms with van der Waals surface area (Å²) in [6, 6.07) is 2.90. The zero-order valence-electron chi connectivity index (χ0n) is 9.84. The van der Waals surface area contributed by atoms with Crippen LogP contribution in [0, 0.1) is 10.1 Å². The van der Waals surface area contributed by atoms with Crippen molar-refractivity contribution >= 4 is 23.1 Å². The van der Waals surface area contributed by atoms with Crippen LogP contribution in [0.15, 0.2) is 18.2 Å². The molecule has 0 radical (unpaired) electrons. The topological polar surface area (TPSA) is 110 Å². The Morgan fingerprint density at radius 1 is 1.44 bits per heavy atom. The number of nitro groups is 1. The van der Waals surface area contributed by atoms with E-state index in [4.69, 9.17) is 5.11 Å². The Morgan fingerprint density at radius 3 is 2.50 bits per heavy atom. The van der Waals surface area contributed by atoms with Crippen LogP contribution in [0.5, 0.6) is 0 Å². The second-order valence-corrected chi connectivity index (χ2v) is 3.75. The van der Waals surface area contributed by atoms with Gasteiger partial charge in [-0.25, -0.2) is 0 Å². The van der Waals surface area contributed by atoms with Crippen molar-refractivity contribution in [2.45, 2.75) is 19.9 Å². The number of benzene rings is 1. The van der Waals surface area contributed by atoms with E-state index in [1.54, 1.807) is 0 Å². The first kappa shape index (κ1) is 13.6. The number of nitrogens with zero attached hydrogens (tertiary/aromatic N) is 1. The monoisotopic (exact) mass is 252 g/mol. The summed E-state index contributed by atoms with van der Waals surface area (Å²) >= 11 is 0. The summed E-state index contributed by atoms with van der Waals surface area (Å²) in [5.74, 6) is -1.42. The number of carbonyl (C=O) groups is 2. The molecule has 0 fully saturated rings. The number of aliphatic carboxylic acids is 1. The molecule has 0 saturated heterocycles. The standard InChI is InChI=1S/C11H12N2O5/c1-6(11(15)16)12-9-4-3-8(7(2)14)5-10(9)13(17)18/h3-6,12H,1-2H3,(H,15,16). The van der Waals surface area contributed by atoms with Crippen molar-refractivity contribution in [3.05, 3.63) is 33.9 Å². The van der Waals surface area contributed by atoms with E-state index >= 15 is 0 Å². The lowest BCUT2D eigenvalue weighted by atomic mass is 10.1. The second kappa shape index (κ2) is 5.26. The average molecular weight is 252 g/mol. The lowest BCUT2D eigenvalue weighted by molar-refractivity contribution is -0.384. The van der Waals surface area contributed by atoms with Gasteiger partial charge >= 0.3 is 5.97 Å². The van der Waals surface area contributed by atoms with E-state index in [-0.39, 0.29) is 22.7 Å². The van der Waals surface area contributed by atoms with E-state index < -0.39 is 16.9 Å². The maximum atomic E-state index is 11.1. The number of Topliss-reactive ketones (excluding diaryl/α,β-unsaturated/α-hetero) is 1. The van der Waals surface area contributed by atoms with Crippen molar-refractivity contribution in [2.24, 2.45) is 0 Å². The van der Waals surface area contributed by atoms with Gasteiger partial charge < -0.3 is 10.4 Å². The van der Waals surface area contributed by atoms with Crippen LogP contribution >= 0.6 is 0 Å². The van der Waals surface area contributed by atoms with E-state index in [2.05, 4.69) is 5.32 Å². The zero-order valence-corrected chi connectivity index (χ0v) is 9.84. The Labute approximate surface area is 103 Å². The SMILES string of the molecule is CC(=O)c1ccc(NC(C)C(=O)O)c([N+](=O)[O-])c1. The molecule has 0 aliphatic rings.